The first kappa shape index (κ1) is 23.6. The lowest BCUT2D eigenvalue weighted by Crippen LogP contribution is -2.37. The van der Waals surface area contributed by atoms with Crippen molar-refractivity contribution >= 4 is 27.6 Å². The summed E-state index contributed by atoms with van der Waals surface area (Å²) in [5.41, 5.74) is 4.52. The number of ether oxygens (including phenoxy) is 1. The van der Waals surface area contributed by atoms with Crippen LogP contribution in [0, 0.1) is 0 Å². The summed E-state index contributed by atoms with van der Waals surface area (Å²) in [5, 5.41) is 2.59. The third-order valence-corrected chi connectivity index (χ3v) is 7.00. The third-order valence-electron chi connectivity index (χ3n) is 7.00. The summed E-state index contributed by atoms with van der Waals surface area (Å²) in [7, 11) is 4.07. The molecule has 0 bridgehead atoms. The van der Waals surface area contributed by atoms with Gasteiger partial charge in [0.1, 0.15) is 11.9 Å². The Kier molecular flexibility index (Phi) is 7.16. The highest BCUT2D eigenvalue weighted by Gasteiger charge is 2.21. The second-order valence-corrected chi connectivity index (χ2v) is 10.00. The van der Waals surface area contributed by atoms with Gasteiger partial charge in [0.15, 0.2) is 5.78 Å². The zero-order valence-electron chi connectivity index (χ0n) is 20.8. The van der Waals surface area contributed by atoms with Gasteiger partial charge in [-0.2, -0.15) is 0 Å². The lowest BCUT2D eigenvalue weighted by molar-refractivity contribution is 0.0964. The van der Waals surface area contributed by atoms with Crippen molar-refractivity contribution in [2.45, 2.75) is 38.3 Å². The van der Waals surface area contributed by atoms with Gasteiger partial charge in [-0.05, 0) is 87.9 Å². The fraction of sp³-hybridized carbons (Fsp3) is 0.367. The number of para-hydroxylation sites is 1. The highest BCUT2D eigenvalue weighted by Crippen LogP contribution is 2.27. The average molecular weight is 470 g/mol. The fourth-order valence-corrected chi connectivity index (χ4v) is 5.05. The topological polar surface area (TPSA) is 48.6 Å². The van der Waals surface area contributed by atoms with E-state index in [0.717, 1.165) is 56.8 Å². The molecule has 0 aliphatic carbocycles. The average Bonchev–Trinajstić information content (AvgIpc) is 3.23. The summed E-state index contributed by atoms with van der Waals surface area (Å²) >= 11 is 0. The second kappa shape index (κ2) is 10.6. The summed E-state index contributed by atoms with van der Waals surface area (Å²) in [6.07, 6.45) is 3.73. The maximum atomic E-state index is 12.4. The zero-order chi connectivity index (χ0) is 24.2. The largest absolute Gasteiger partial charge is 0.490 e. The van der Waals surface area contributed by atoms with E-state index in [-0.39, 0.29) is 11.9 Å². The van der Waals surface area contributed by atoms with Crippen LogP contribution in [0.4, 0.5) is 0 Å². The minimum Gasteiger partial charge on any atom is -0.490 e. The van der Waals surface area contributed by atoms with Crippen molar-refractivity contribution in [2.24, 2.45) is 0 Å². The zero-order valence-corrected chi connectivity index (χ0v) is 20.8. The van der Waals surface area contributed by atoms with Crippen LogP contribution in [-0.4, -0.2) is 60.4 Å². The number of nitrogens with one attached hydrogen (secondary N) is 1. The Morgan fingerprint density at radius 1 is 0.971 bits per heavy atom. The molecule has 0 atom stereocenters. The molecule has 1 aliphatic rings. The molecule has 182 valence electrons. The molecule has 4 aromatic rings. The van der Waals surface area contributed by atoms with E-state index in [1.54, 1.807) is 0 Å². The maximum Gasteiger partial charge on any atom is 0.162 e. The van der Waals surface area contributed by atoms with Crippen molar-refractivity contribution in [3.8, 4) is 5.75 Å². The van der Waals surface area contributed by atoms with Crippen LogP contribution >= 0.6 is 0 Å². The molecule has 5 nitrogen and oxygen atoms in total. The molecule has 35 heavy (non-hydrogen) atoms. The van der Waals surface area contributed by atoms with E-state index >= 15 is 0 Å². The molecule has 5 heteroatoms. The van der Waals surface area contributed by atoms with Gasteiger partial charge < -0.3 is 14.6 Å². The van der Waals surface area contributed by atoms with Crippen LogP contribution < -0.4 is 4.74 Å². The molecule has 1 N–H and O–H groups in total. The minimum absolute atomic E-state index is 0.206. The molecule has 0 radical (unpaired) electrons. The molecule has 3 aromatic carbocycles. The summed E-state index contributed by atoms with van der Waals surface area (Å²) in [5.74, 6) is 1.07. The summed E-state index contributed by atoms with van der Waals surface area (Å²) in [6, 6.07) is 23.0. The van der Waals surface area contributed by atoms with Crippen LogP contribution in [-0.2, 0) is 6.54 Å². The maximum absolute atomic E-state index is 12.4. The Morgan fingerprint density at radius 2 is 1.71 bits per heavy atom. The van der Waals surface area contributed by atoms with Crippen molar-refractivity contribution in [3.05, 3.63) is 77.9 Å². The number of ketones is 1. The number of carbonyl (C=O) groups is 1. The quantitative estimate of drug-likeness (QED) is 0.311. The number of rotatable bonds is 9. The van der Waals surface area contributed by atoms with Crippen LogP contribution in [0.15, 0.2) is 66.7 Å². The molecule has 0 saturated carbocycles. The number of aromatic amines is 1. The number of piperidine rings is 1. The highest BCUT2D eigenvalue weighted by molar-refractivity contribution is 6.07. The Hall–Kier alpha value is -3.15. The van der Waals surface area contributed by atoms with Crippen molar-refractivity contribution < 1.29 is 9.53 Å². The first-order valence-electron chi connectivity index (χ1n) is 12.7. The van der Waals surface area contributed by atoms with E-state index in [4.69, 9.17) is 4.74 Å². The molecule has 1 aromatic heterocycles. The van der Waals surface area contributed by atoms with E-state index in [9.17, 15) is 4.79 Å². The Labute approximate surface area is 207 Å². The number of carbonyl (C=O) groups excluding carboxylic acids is 1. The molecule has 0 amide bonds. The van der Waals surface area contributed by atoms with Gasteiger partial charge in [0, 0.05) is 53.4 Å². The predicted octanol–water partition coefficient (Wildman–Crippen LogP) is 5.89. The molecule has 0 unspecified atom stereocenters. The van der Waals surface area contributed by atoms with E-state index < -0.39 is 0 Å². The molecule has 1 aliphatic heterocycles. The Bertz CT molecular complexity index is 1280. The lowest BCUT2D eigenvalue weighted by atomic mass is 10.0. The number of likely N-dealkylation sites (tertiary alicyclic amines) is 1. The normalized spacial score (nSPS) is 15.3. The summed E-state index contributed by atoms with van der Waals surface area (Å²) in [4.78, 5) is 20.5. The van der Waals surface area contributed by atoms with Crippen LogP contribution in [0.25, 0.3) is 21.8 Å². The molecule has 2 heterocycles. The van der Waals surface area contributed by atoms with Crippen LogP contribution in [0.2, 0.25) is 0 Å². The van der Waals surface area contributed by atoms with Gasteiger partial charge >= 0.3 is 0 Å². The number of hydrogen-bond acceptors (Lipinski definition) is 4. The highest BCUT2D eigenvalue weighted by atomic mass is 16.5. The van der Waals surface area contributed by atoms with E-state index in [2.05, 4.69) is 57.2 Å². The van der Waals surface area contributed by atoms with Gasteiger partial charge in [-0.3, -0.25) is 9.69 Å². The van der Waals surface area contributed by atoms with E-state index in [0.29, 0.717) is 6.42 Å². The SMILES string of the molecule is CN(C)CCCC(=O)c1ccc(OC2CCN(Cc3ccc4[nH]c5ccccc5c4c3)CC2)cc1. The number of H-pyrrole nitrogens is 1. The van der Waals surface area contributed by atoms with Gasteiger partial charge in [-0.15, -0.1) is 0 Å². The first-order valence-corrected chi connectivity index (χ1v) is 12.7. The lowest BCUT2D eigenvalue weighted by Gasteiger charge is -2.32. The molecule has 0 spiro atoms. The van der Waals surface area contributed by atoms with Gasteiger partial charge in [-0.25, -0.2) is 0 Å². The molecular formula is C30H35N3O2. The van der Waals surface area contributed by atoms with Crippen molar-refractivity contribution in [3.63, 3.8) is 0 Å². The molecular weight excluding hydrogens is 434 g/mol. The number of fused-ring (bicyclic) bond motifs is 3. The van der Waals surface area contributed by atoms with Gasteiger partial charge in [-0.1, -0.05) is 24.3 Å². The van der Waals surface area contributed by atoms with Crippen LogP contribution in [0.3, 0.4) is 0 Å². The number of nitrogens with zero attached hydrogens (tertiary/aromatic N) is 2. The molecule has 1 saturated heterocycles. The van der Waals surface area contributed by atoms with Crippen LogP contribution in [0.5, 0.6) is 5.75 Å². The van der Waals surface area contributed by atoms with Crippen molar-refractivity contribution in [1.29, 1.82) is 0 Å². The third kappa shape index (κ3) is 5.75. The van der Waals surface area contributed by atoms with Gasteiger partial charge in [0.25, 0.3) is 0 Å². The molecule has 5 rings (SSSR count). The number of Topliss-reactive ketones (excluding diaryl/α,β-unsaturated/α-hetero) is 1. The van der Waals surface area contributed by atoms with Crippen molar-refractivity contribution in [1.82, 2.24) is 14.8 Å². The second-order valence-electron chi connectivity index (χ2n) is 10.00. The fourth-order valence-electron chi connectivity index (χ4n) is 5.05. The predicted molar refractivity (Wildman–Crippen MR) is 143 cm³/mol. The number of aromatic nitrogens is 1. The van der Waals surface area contributed by atoms with Crippen molar-refractivity contribution in [2.75, 3.05) is 33.7 Å². The van der Waals surface area contributed by atoms with E-state index in [1.807, 2.05) is 38.4 Å². The van der Waals surface area contributed by atoms with Crippen LogP contribution in [0.1, 0.15) is 41.6 Å². The Balaban J connectivity index is 1.12. The summed E-state index contributed by atoms with van der Waals surface area (Å²) in [6.45, 7) is 3.95. The summed E-state index contributed by atoms with van der Waals surface area (Å²) < 4.78 is 6.25. The standard InChI is InChI=1S/C30H35N3O2/c1-32(2)17-5-8-30(34)23-10-12-24(13-11-23)35-25-15-18-33(19-16-25)21-22-9-14-29-27(20-22)26-6-3-4-7-28(26)31-29/h3-4,6-7,9-14,20,25,31H,5,8,15-19,21H2,1-2H3. The van der Waals surface area contributed by atoms with Gasteiger partial charge in [0.05, 0.1) is 0 Å². The minimum atomic E-state index is 0.206. The first-order chi connectivity index (χ1) is 17.0. The van der Waals surface area contributed by atoms with E-state index in [1.165, 1.54) is 27.4 Å². The number of hydrogen-bond donors (Lipinski definition) is 1. The molecule has 1 fully saturated rings. The number of benzene rings is 3. The smallest absolute Gasteiger partial charge is 0.162 e. The monoisotopic (exact) mass is 469 g/mol. The Morgan fingerprint density at radius 3 is 2.49 bits per heavy atom. The van der Waals surface area contributed by atoms with Gasteiger partial charge in [0.2, 0.25) is 0 Å².